The fourth-order valence-corrected chi connectivity index (χ4v) is 3.01. The van der Waals surface area contributed by atoms with Crippen molar-refractivity contribution in [2.75, 3.05) is 26.2 Å². The summed E-state index contributed by atoms with van der Waals surface area (Å²) in [5.41, 5.74) is 2.08. The Balaban J connectivity index is 1.85. The average molecular weight is 330 g/mol. The summed E-state index contributed by atoms with van der Waals surface area (Å²) in [5.74, 6) is 0.372. The molecule has 2 rings (SSSR count). The summed E-state index contributed by atoms with van der Waals surface area (Å²) in [6.45, 7) is 10.7. The first-order chi connectivity index (χ1) is 11.3. The van der Waals surface area contributed by atoms with Crippen LogP contribution in [0.25, 0.3) is 0 Å². The lowest BCUT2D eigenvalue weighted by Gasteiger charge is -2.28. The number of aryl methyl sites for hydroxylation is 2. The first-order valence-corrected chi connectivity index (χ1v) is 8.90. The number of nitrogens with zero attached hydrogens (tertiary/aromatic N) is 2. The van der Waals surface area contributed by atoms with Crippen LogP contribution in [0.15, 0.2) is 24.3 Å². The van der Waals surface area contributed by atoms with E-state index in [1.807, 2.05) is 30.6 Å². The molecule has 4 nitrogen and oxygen atoms in total. The molecule has 0 spiro atoms. The molecule has 0 unspecified atom stereocenters. The molecule has 0 atom stereocenters. The molecule has 0 saturated carbocycles. The molecule has 1 heterocycles. The summed E-state index contributed by atoms with van der Waals surface area (Å²) in [5, 5.41) is 0. The van der Waals surface area contributed by atoms with Crippen molar-refractivity contribution in [2.45, 2.75) is 47.0 Å². The topological polar surface area (TPSA) is 40.6 Å². The van der Waals surface area contributed by atoms with Crippen molar-refractivity contribution in [3.63, 3.8) is 0 Å². The number of carbonyl (C=O) groups is 2. The van der Waals surface area contributed by atoms with Gasteiger partial charge in [-0.1, -0.05) is 50.6 Å². The van der Waals surface area contributed by atoms with Gasteiger partial charge in [-0.2, -0.15) is 0 Å². The molecule has 1 saturated heterocycles. The van der Waals surface area contributed by atoms with Crippen LogP contribution in [0.3, 0.4) is 0 Å². The van der Waals surface area contributed by atoms with Crippen LogP contribution in [0.4, 0.5) is 0 Å². The Hall–Kier alpha value is -1.84. The van der Waals surface area contributed by atoms with Crippen LogP contribution in [-0.2, 0) is 16.0 Å². The van der Waals surface area contributed by atoms with Gasteiger partial charge >= 0.3 is 0 Å². The predicted molar refractivity (Wildman–Crippen MR) is 96.7 cm³/mol. The predicted octanol–water partition coefficient (Wildman–Crippen LogP) is 3.03. The monoisotopic (exact) mass is 330 g/mol. The van der Waals surface area contributed by atoms with E-state index in [2.05, 4.69) is 31.2 Å². The Morgan fingerprint density at radius 2 is 1.54 bits per heavy atom. The largest absolute Gasteiger partial charge is 0.341 e. The van der Waals surface area contributed by atoms with Gasteiger partial charge < -0.3 is 9.80 Å². The summed E-state index contributed by atoms with van der Waals surface area (Å²) in [7, 11) is 0. The van der Waals surface area contributed by atoms with E-state index in [-0.39, 0.29) is 17.2 Å². The maximum atomic E-state index is 12.5. The van der Waals surface area contributed by atoms with Gasteiger partial charge in [-0.05, 0) is 25.3 Å². The molecule has 0 aromatic heterocycles. The number of benzene rings is 1. The first kappa shape index (κ1) is 18.5. The van der Waals surface area contributed by atoms with Gasteiger partial charge in [-0.15, -0.1) is 0 Å². The second-order valence-corrected chi connectivity index (χ2v) is 7.76. The lowest BCUT2D eigenvalue weighted by molar-refractivity contribution is -0.139. The third-order valence-corrected chi connectivity index (χ3v) is 4.53. The van der Waals surface area contributed by atoms with Gasteiger partial charge in [-0.25, -0.2) is 0 Å². The van der Waals surface area contributed by atoms with Crippen molar-refractivity contribution < 1.29 is 9.59 Å². The minimum Gasteiger partial charge on any atom is -0.341 e. The highest BCUT2D eigenvalue weighted by molar-refractivity contribution is 5.82. The molecule has 0 N–H and O–H groups in total. The molecule has 4 heteroatoms. The van der Waals surface area contributed by atoms with Gasteiger partial charge in [-0.3, -0.25) is 9.59 Å². The van der Waals surface area contributed by atoms with Gasteiger partial charge in [0.2, 0.25) is 11.8 Å². The highest BCUT2D eigenvalue weighted by Gasteiger charge is 2.29. The number of hydrogen-bond donors (Lipinski definition) is 0. The lowest BCUT2D eigenvalue weighted by atomic mass is 9.94. The van der Waals surface area contributed by atoms with Crippen molar-refractivity contribution in [3.05, 3.63) is 35.4 Å². The third-order valence-electron chi connectivity index (χ3n) is 4.53. The van der Waals surface area contributed by atoms with Gasteiger partial charge in [0.25, 0.3) is 0 Å². The quantitative estimate of drug-likeness (QED) is 0.855. The Morgan fingerprint density at radius 3 is 2.17 bits per heavy atom. The van der Waals surface area contributed by atoms with E-state index in [1.54, 1.807) is 0 Å². The van der Waals surface area contributed by atoms with E-state index in [0.29, 0.717) is 19.5 Å². The SMILES string of the molecule is Cc1ccc(CCC(=O)N2CCCN(C(=O)C(C)(C)C)CC2)cc1. The average Bonchev–Trinajstić information content (AvgIpc) is 2.78. The number of hydrogen-bond acceptors (Lipinski definition) is 2. The summed E-state index contributed by atoms with van der Waals surface area (Å²) in [6.07, 6.45) is 2.18. The highest BCUT2D eigenvalue weighted by Crippen LogP contribution is 2.19. The molecule has 0 aliphatic carbocycles. The van der Waals surface area contributed by atoms with Crippen molar-refractivity contribution in [2.24, 2.45) is 5.41 Å². The smallest absolute Gasteiger partial charge is 0.228 e. The summed E-state index contributed by atoms with van der Waals surface area (Å²) >= 11 is 0. The van der Waals surface area contributed by atoms with Crippen LogP contribution in [0, 0.1) is 12.3 Å². The third kappa shape index (κ3) is 5.08. The summed E-state index contributed by atoms with van der Waals surface area (Å²) in [4.78, 5) is 28.7. The molecule has 1 aromatic rings. The van der Waals surface area contributed by atoms with Gasteiger partial charge in [0, 0.05) is 38.0 Å². The maximum absolute atomic E-state index is 12.5. The van der Waals surface area contributed by atoms with Crippen LogP contribution in [-0.4, -0.2) is 47.8 Å². The van der Waals surface area contributed by atoms with E-state index < -0.39 is 0 Å². The zero-order valence-electron chi connectivity index (χ0n) is 15.5. The standard InChI is InChI=1S/C20H30N2O2/c1-16-6-8-17(9-7-16)10-11-18(23)21-12-5-13-22(15-14-21)19(24)20(2,3)4/h6-9H,5,10-15H2,1-4H3. The van der Waals surface area contributed by atoms with Crippen molar-refractivity contribution >= 4 is 11.8 Å². The number of rotatable bonds is 3. The Morgan fingerprint density at radius 1 is 0.958 bits per heavy atom. The van der Waals surface area contributed by atoms with E-state index >= 15 is 0 Å². The molecule has 1 aliphatic heterocycles. The lowest BCUT2D eigenvalue weighted by Crippen LogP contribution is -2.42. The summed E-state index contributed by atoms with van der Waals surface area (Å²) in [6, 6.07) is 8.35. The van der Waals surface area contributed by atoms with Gasteiger partial charge in [0.15, 0.2) is 0 Å². The van der Waals surface area contributed by atoms with Gasteiger partial charge in [0.05, 0.1) is 0 Å². The Kier molecular flexibility index (Phi) is 6.03. The van der Waals surface area contributed by atoms with Crippen LogP contribution < -0.4 is 0 Å². The molecule has 1 aromatic carbocycles. The molecule has 1 fully saturated rings. The Labute approximate surface area is 145 Å². The van der Waals surface area contributed by atoms with Crippen LogP contribution in [0.2, 0.25) is 0 Å². The number of amides is 2. The van der Waals surface area contributed by atoms with Crippen LogP contribution >= 0.6 is 0 Å². The number of carbonyl (C=O) groups excluding carboxylic acids is 2. The molecule has 0 bridgehead atoms. The first-order valence-electron chi connectivity index (χ1n) is 8.90. The highest BCUT2D eigenvalue weighted by atomic mass is 16.2. The molecule has 24 heavy (non-hydrogen) atoms. The van der Waals surface area contributed by atoms with Gasteiger partial charge in [0.1, 0.15) is 0 Å². The van der Waals surface area contributed by atoms with E-state index in [1.165, 1.54) is 11.1 Å². The second kappa shape index (κ2) is 7.82. The molecule has 0 radical (unpaired) electrons. The molecule has 2 amide bonds. The zero-order valence-corrected chi connectivity index (χ0v) is 15.5. The van der Waals surface area contributed by atoms with Crippen molar-refractivity contribution in [1.82, 2.24) is 9.80 Å². The summed E-state index contributed by atoms with van der Waals surface area (Å²) < 4.78 is 0. The Bertz CT molecular complexity index is 572. The van der Waals surface area contributed by atoms with Crippen molar-refractivity contribution in [1.29, 1.82) is 0 Å². The van der Waals surface area contributed by atoms with E-state index in [4.69, 9.17) is 0 Å². The van der Waals surface area contributed by atoms with E-state index in [9.17, 15) is 9.59 Å². The molecular weight excluding hydrogens is 300 g/mol. The minimum absolute atomic E-state index is 0.177. The van der Waals surface area contributed by atoms with E-state index in [0.717, 1.165) is 25.9 Å². The second-order valence-electron chi connectivity index (χ2n) is 7.76. The fraction of sp³-hybridized carbons (Fsp3) is 0.600. The minimum atomic E-state index is -0.357. The van der Waals surface area contributed by atoms with Crippen LogP contribution in [0.5, 0.6) is 0 Å². The van der Waals surface area contributed by atoms with Crippen molar-refractivity contribution in [3.8, 4) is 0 Å². The molecule has 1 aliphatic rings. The molecule has 132 valence electrons. The molecular formula is C20H30N2O2. The zero-order chi connectivity index (χ0) is 17.7. The van der Waals surface area contributed by atoms with Crippen LogP contribution in [0.1, 0.15) is 44.7 Å². The maximum Gasteiger partial charge on any atom is 0.228 e. The normalized spacial score (nSPS) is 16.0. The fourth-order valence-electron chi connectivity index (χ4n) is 3.01.